The van der Waals surface area contributed by atoms with Crippen LogP contribution in [0.5, 0.6) is 0 Å². The summed E-state index contributed by atoms with van der Waals surface area (Å²) in [6.45, 7) is 7.62. The predicted octanol–water partition coefficient (Wildman–Crippen LogP) is 6.63. The van der Waals surface area contributed by atoms with Gasteiger partial charge in [0.05, 0.1) is 10.6 Å². The molecule has 0 aliphatic rings. The van der Waals surface area contributed by atoms with Gasteiger partial charge in [-0.15, -0.1) is 0 Å². The number of benzene rings is 4. The molecule has 0 spiro atoms. The third-order valence-electron chi connectivity index (χ3n) is 7.61. The zero-order valence-electron chi connectivity index (χ0n) is 26.2. The Labute approximate surface area is 271 Å². The second-order valence-electron chi connectivity index (χ2n) is 11.3. The van der Waals surface area contributed by atoms with E-state index in [1.54, 1.807) is 37.3 Å². The molecule has 4 rings (SSSR count). The molecular formula is C36H40ClN3O4S. The molecular weight excluding hydrogens is 606 g/mol. The number of sulfonamides is 1. The zero-order valence-corrected chi connectivity index (χ0v) is 27.7. The second kappa shape index (κ2) is 15.2. The van der Waals surface area contributed by atoms with Crippen molar-refractivity contribution < 1.29 is 18.0 Å². The summed E-state index contributed by atoms with van der Waals surface area (Å²) in [5.41, 5.74) is 4.60. The maximum Gasteiger partial charge on any atom is 0.264 e. The lowest BCUT2D eigenvalue weighted by molar-refractivity contribution is -0.140. The Morgan fingerprint density at radius 1 is 0.822 bits per heavy atom. The van der Waals surface area contributed by atoms with E-state index in [-0.39, 0.29) is 23.8 Å². The Kier molecular flexibility index (Phi) is 11.4. The minimum atomic E-state index is -4.19. The third kappa shape index (κ3) is 8.74. The van der Waals surface area contributed by atoms with Gasteiger partial charge >= 0.3 is 0 Å². The van der Waals surface area contributed by atoms with Crippen LogP contribution in [-0.4, -0.2) is 44.3 Å². The smallest absolute Gasteiger partial charge is 0.264 e. The summed E-state index contributed by atoms with van der Waals surface area (Å²) in [6.07, 6.45) is 0.993. The minimum absolute atomic E-state index is 0.0573. The van der Waals surface area contributed by atoms with Crippen LogP contribution >= 0.6 is 11.6 Å². The van der Waals surface area contributed by atoms with Gasteiger partial charge in [0.15, 0.2) is 0 Å². The third-order valence-corrected chi connectivity index (χ3v) is 9.62. The summed E-state index contributed by atoms with van der Waals surface area (Å²) in [4.78, 5) is 29.8. The van der Waals surface area contributed by atoms with Gasteiger partial charge in [-0.25, -0.2) is 8.42 Å². The lowest BCUT2D eigenvalue weighted by atomic mass is 10.0. The molecule has 1 atom stereocenters. The number of hydrogen-bond acceptors (Lipinski definition) is 4. The van der Waals surface area contributed by atoms with E-state index >= 15 is 0 Å². The Morgan fingerprint density at radius 2 is 1.44 bits per heavy atom. The molecule has 0 saturated heterocycles. The Bertz CT molecular complexity index is 1710. The molecule has 0 fully saturated rings. The SMILES string of the molecule is CCCNC(=O)[C@@H](Cc1ccccc1)N(Cc1ccc(C)cc1)C(=O)CN(c1ccc(Cl)cc1C)S(=O)(=O)c1ccc(C)cc1. The van der Waals surface area contributed by atoms with Crippen LogP contribution in [0, 0.1) is 20.8 Å². The van der Waals surface area contributed by atoms with Crippen molar-refractivity contribution in [2.24, 2.45) is 0 Å². The zero-order chi connectivity index (χ0) is 32.6. The first-order valence-electron chi connectivity index (χ1n) is 15.0. The highest BCUT2D eigenvalue weighted by Crippen LogP contribution is 2.30. The number of rotatable bonds is 13. The largest absolute Gasteiger partial charge is 0.354 e. The van der Waals surface area contributed by atoms with Gasteiger partial charge in [0.1, 0.15) is 12.6 Å². The maximum absolute atomic E-state index is 14.5. The molecule has 1 N–H and O–H groups in total. The van der Waals surface area contributed by atoms with E-state index in [4.69, 9.17) is 11.6 Å². The molecule has 4 aromatic rings. The summed E-state index contributed by atoms with van der Waals surface area (Å²) in [5.74, 6) is -0.801. The van der Waals surface area contributed by atoms with Gasteiger partial charge in [-0.3, -0.25) is 13.9 Å². The number of anilines is 1. The molecule has 0 saturated carbocycles. The second-order valence-corrected chi connectivity index (χ2v) is 13.6. The molecule has 0 heterocycles. The molecule has 9 heteroatoms. The quantitative estimate of drug-likeness (QED) is 0.177. The summed E-state index contributed by atoms with van der Waals surface area (Å²) >= 11 is 6.24. The van der Waals surface area contributed by atoms with Gasteiger partial charge in [-0.2, -0.15) is 0 Å². The van der Waals surface area contributed by atoms with Crippen LogP contribution in [0.2, 0.25) is 5.02 Å². The highest BCUT2D eigenvalue weighted by molar-refractivity contribution is 7.92. The average molecular weight is 646 g/mol. The number of halogens is 1. The van der Waals surface area contributed by atoms with Gasteiger partial charge in [0.25, 0.3) is 10.0 Å². The summed E-state index contributed by atoms with van der Waals surface area (Å²) in [7, 11) is -4.19. The van der Waals surface area contributed by atoms with Gasteiger partial charge < -0.3 is 10.2 Å². The van der Waals surface area contributed by atoms with Crippen molar-refractivity contribution in [1.29, 1.82) is 0 Å². The van der Waals surface area contributed by atoms with Gasteiger partial charge in [0, 0.05) is 24.5 Å². The van der Waals surface area contributed by atoms with Crippen LogP contribution in [0.15, 0.2) is 102 Å². The van der Waals surface area contributed by atoms with Crippen LogP contribution in [-0.2, 0) is 32.6 Å². The highest BCUT2D eigenvalue weighted by atomic mass is 35.5. The molecule has 2 amide bonds. The van der Waals surface area contributed by atoms with Crippen molar-refractivity contribution in [3.63, 3.8) is 0 Å². The van der Waals surface area contributed by atoms with Crippen molar-refractivity contribution >= 4 is 39.1 Å². The van der Waals surface area contributed by atoms with E-state index in [2.05, 4.69) is 5.32 Å². The topological polar surface area (TPSA) is 86.8 Å². The normalized spacial score (nSPS) is 11.9. The van der Waals surface area contributed by atoms with E-state index in [1.807, 2.05) is 75.4 Å². The minimum Gasteiger partial charge on any atom is -0.354 e. The van der Waals surface area contributed by atoms with Gasteiger partial charge in [-0.1, -0.05) is 96.4 Å². The number of carbonyl (C=O) groups excluding carboxylic acids is 2. The molecule has 0 radical (unpaired) electrons. The Hall–Kier alpha value is -4.14. The Balaban J connectivity index is 1.81. The van der Waals surface area contributed by atoms with Crippen LogP contribution in [0.1, 0.15) is 41.2 Å². The van der Waals surface area contributed by atoms with E-state index in [0.717, 1.165) is 33.0 Å². The highest BCUT2D eigenvalue weighted by Gasteiger charge is 2.35. The van der Waals surface area contributed by atoms with E-state index in [1.165, 1.54) is 17.0 Å². The van der Waals surface area contributed by atoms with Crippen LogP contribution in [0.25, 0.3) is 0 Å². The molecule has 0 aliphatic heterocycles. The average Bonchev–Trinajstić information content (AvgIpc) is 3.02. The van der Waals surface area contributed by atoms with E-state index in [0.29, 0.717) is 22.8 Å². The number of amides is 2. The molecule has 45 heavy (non-hydrogen) atoms. The molecule has 0 bridgehead atoms. The molecule has 236 valence electrons. The maximum atomic E-state index is 14.5. The van der Waals surface area contributed by atoms with E-state index < -0.39 is 28.5 Å². The Morgan fingerprint density at radius 3 is 2.04 bits per heavy atom. The first kappa shape index (κ1) is 33.7. The van der Waals surface area contributed by atoms with Crippen LogP contribution in [0.4, 0.5) is 5.69 Å². The summed E-state index contributed by atoms with van der Waals surface area (Å²) in [6, 6.07) is 27.8. The molecule has 0 aromatic heterocycles. The van der Waals surface area contributed by atoms with Crippen LogP contribution in [0.3, 0.4) is 0 Å². The molecule has 0 aliphatic carbocycles. The van der Waals surface area contributed by atoms with Crippen molar-refractivity contribution in [1.82, 2.24) is 10.2 Å². The number of carbonyl (C=O) groups is 2. The summed E-state index contributed by atoms with van der Waals surface area (Å²) < 4.78 is 29.6. The first-order valence-corrected chi connectivity index (χ1v) is 16.8. The predicted molar refractivity (Wildman–Crippen MR) is 181 cm³/mol. The molecule has 0 unspecified atom stereocenters. The number of hydrogen-bond donors (Lipinski definition) is 1. The van der Waals surface area contributed by atoms with Crippen LogP contribution < -0.4 is 9.62 Å². The van der Waals surface area contributed by atoms with E-state index in [9.17, 15) is 18.0 Å². The van der Waals surface area contributed by atoms with Crippen molar-refractivity contribution in [2.45, 2.75) is 58.0 Å². The van der Waals surface area contributed by atoms with Crippen molar-refractivity contribution in [3.05, 3.63) is 130 Å². The summed E-state index contributed by atoms with van der Waals surface area (Å²) in [5, 5.41) is 3.42. The lowest BCUT2D eigenvalue weighted by Crippen LogP contribution is -2.53. The molecule has 4 aromatic carbocycles. The van der Waals surface area contributed by atoms with Gasteiger partial charge in [0.2, 0.25) is 11.8 Å². The fraction of sp³-hybridized carbons (Fsp3) is 0.278. The molecule has 7 nitrogen and oxygen atoms in total. The number of nitrogens with zero attached hydrogens (tertiary/aromatic N) is 2. The lowest BCUT2D eigenvalue weighted by Gasteiger charge is -2.34. The fourth-order valence-corrected chi connectivity index (χ4v) is 6.77. The van der Waals surface area contributed by atoms with Crippen molar-refractivity contribution in [3.8, 4) is 0 Å². The fourth-order valence-electron chi connectivity index (χ4n) is 5.06. The van der Waals surface area contributed by atoms with Gasteiger partial charge in [-0.05, 0) is 74.2 Å². The van der Waals surface area contributed by atoms with Crippen molar-refractivity contribution in [2.75, 3.05) is 17.4 Å². The standard InChI is InChI=1S/C36H40ClN3O4S/c1-5-21-38-36(42)34(23-29-9-7-6-8-10-29)39(24-30-15-11-26(2)12-16-30)35(41)25-40(33-20-17-31(37)22-28(33)4)45(43,44)32-18-13-27(3)14-19-32/h6-20,22,34H,5,21,23-25H2,1-4H3,(H,38,42)/t34-/m1/s1. The number of aryl methyl sites for hydroxylation is 3. The monoisotopic (exact) mass is 645 g/mol. The first-order chi connectivity index (χ1) is 21.5. The number of nitrogens with one attached hydrogen (secondary N) is 1.